The maximum atomic E-state index is 10.6. The lowest BCUT2D eigenvalue weighted by Crippen LogP contribution is -1.98. The fraction of sp³-hybridized carbons (Fsp3) is 0.400. The average Bonchev–Trinajstić information content (AvgIpc) is 2.15. The van der Waals surface area contributed by atoms with E-state index < -0.39 is 5.97 Å². The second-order valence-corrected chi connectivity index (χ2v) is 4.81. The zero-order valence-corrected chi connectivity index (χ0v) is 9.04. The number of carboxylic acids is 1. The lowest BCUT2D eigenvalue weighted by atomic mass is 10.2. The molecule has 14 heavy (non-hydrogen) atoms. The molecule has 3 nitrogen and oxygen atoms in total. The van der Waals surface area contributed by atoms with Crippen molar-refractivity contribution in [3.05, 3.63) is 29.6 Å². The van der Waals surface area contributed by atoms with Gasteiger partial charge in [-0.3, -0.25) is 4.98 Å². The Morgan fingerprint density at radius 1 is 1.57 bits per heavy atom. The summed E-state index contributed by atoms with van der Waals surface area (Å²) in [6, 6.07) is 1.67. The van der Waals surface area contributed by atoms with E-state index in [2.05, 4.69) is 18.8 Å². The monoisotopic (exact) mass is 211 g/mol. The minimum absolute atomic E-state index is 0.256. The highest BCUT2D eigenvalue weighted by atomic mass is 32.2. The first kappa shape index (κ1) is 11.0. The van der Waals surface area contributed by atoms with E-state index in [1.807, 2.05) is 0 Å². The van der Waals surface area contributed by atoms with E-state index in [1.54, 1.807) is 24.0 Å². The molecular weight excluding hydrogens is 198 g/mol. The summed E-state index contributed by atoms with van der Waals surface area (Å²) < 4.78 is 0. The van der Waals surface area contributed by atoms with Gasteiger partial charge >= 0.3 is 5.97 Å². The Kier molecular flexibility index (Phi) is 3.95. The molecule has 1 aromatic rings. The predicted molar refractivity (Wildman–Crippen MR) is 57.6 cm³/mol. The van der Waals surface area contributed by atoms with Crippen molar-refractivity contribution in [2.75, 3.05) is 0 Å². The first-order chi connectivity index (χ1) is 6.59. The summed E-state index contributed by atoms with van der Waals surface area (Å²) in [4.78, 5) is 14.5. The van der Waals surface area contributed by atoms with Crippen LogP contribution < -0.4 is 0 Å². The zero-order valence-electron chi connectivity index (χ0n) is 8.23. The Labute approximate surface area is 87.6 Å². The van der Waals surface area contributed by atoms with E-state index >= 15 is 0 Å². The standard InChI is InChI=1S/C10H13NO2S/c1-7(2)14-6-8-3-9(10(12)13)5-11-4-8/h3-5,7H,6H2,1-2H3,(H,12,13). The van der Waals surface area contributed by atoms with Crippen LogP contribution in [-0.2, 0) is 5.75 Å². The van der Waals surface area contributed by atoms with Gasteiger partial charge < -0.3 is 5.11 Å². The third kappa shape index (κ3) is 3.38. The second kappa shape index (κ2) is 5.00. The van der Waals surface area contributed by atoms with Crippen LogP contribution in [0.15, 0.2) is 18.5 Å². The lowest BCUT2D eigenvalue weighted by Gasteiger charge is -2.04. The van der Waals surface area contributed by atoms with Crippen LogP contribution in [0, 0.1) is 0 Å². The van der Waals surface area contributed by atoms with Gasteiger partial charge in [0, 0.05) is 18.1 Å². The molecule has 1 heterocycles. The molecule has 1 aromatic heterocycles. The third-order valence-corrected chi connectivity index (χ3v) is 2.79. The molecular formula is C10H13NO2S. The lowest BCUT2D eigenvalue weighted by molar-refractivity contribution is 0.0696. The van der Waals surface area contributed by atoms with Crippen molar-refractivity contribution >= 4 is 17.7 Å². The molecule has 0 bridgehead atoms. The van der Waals surface area contributed by atoms with Crippen molar-refractivity contribution in [1.82, 2.24) is 4.98 Å². The molecule has 0 saturated carbocycles. The minimum Gasteiger partial charge on any atom is -0.478 e. The molecule has 0 aliphatic carbocycles. The molecule has 0 unspecified atom stereocenters. The highest BCUT2D eigenvalue weighted by molar-refractivity contribution is 7.99. The molecule has 0 aliphatic heterocycles. The summed E-state index contributed by atoms with van der Waals surface area (Å²) in [7, 11) is 0. The second-order valence-electron chi connectivity index (χ2n) is 3.25. The van der Waals surface area contributed by atoms with Crippen LogP contribution >= 0.6 is 11.8 Å². The summed E-state index contributed by atoms with van der Waals surface area (Å²) >= 11 is 1.77. The van der Waals surface area contributed by atoms with Crippen LogP contribution in [0.4, 0.5) is 0 Å². The Bertz CT molecular complexity index is 326. The maximum absolute atomic E-state index is 10.6. The van der Waals surface area contributed by atoms with Gasteiger partial charge in [0.1, 0.15) is 0 Å². The molecule has 0 amide bonds. The van der Waals surface area contributed by atoms with Gasteiger partial charge in [-0.1, -0.05) is 13.8 Å². The largest absolute Gasteiger partial charge is 0.478 e. The van der Waals surface area contributed by atoms with Crippen LogP contribution in [0.2, 0.25) is 0 Å². The normalized spacial score (nSPS) is 10.5. The van der Waals surface area contributed by atoms with Gasteiger partial charge in [-0.15, -0.1) is 0 Å². The van der Waals surface area contributed by atoms with Crippen molar-refractivity contribution < 1.29 is 9.90 Å². The number of hydrogen-bond donors (Lipinski definition) is 1. The van der Waals surface area contributed by atoms with E-state index in [1.165, 1.54) is 6.20 Å². The van der Waals surface area contributed by atoms with Crippen molar-refractivity contribution in [3.63, 3.8) is 0 Å². The molecule has 0 radical (unpaired) electrons. The molecule has 0 spiro atoms. The Hall–Kier alpha value is -1.03. The predicted octanol–water partition coefficient (Wildman–Crippen LogP) is 2.42. The first-order valence-corrected chi connectivity index (χ1v) is 5.43. The van der Waals surface area contributed by atoms with E-state index in [0.29, 0.717) is 5.25 Å². The summed E-state index contributed by atoms with van der Waals surface area (Å²) in [6.07, 6.45) is 3.08. The van der Waals surface area contributed by atoms with Gasteiger partial charge in [0.2, 0.25) is 0 Å². The molecule has 1 rings (SSSR count). The number of thioether (sulfide) groups is 1. The molecule has 0 aromatic carbocycles. The molecule has 0 atom stereocenters. The quantitative estimate of drug-likeness (QED) is 0.831. The number of rotatable bonds is 4. The van der Waals surface area contributed by atoms with Gasteiger partial charge in [-0.05, 0) is 16.9 Å². The Morgan fingerprint density at radius 3 is 2.86 bits per heavy atom. The third-order valence-electron chi connectivity index (χ3n) is 1.63. The number of carbonyl (C=O) groups is 1. The SMILES string of the molecule is CC(C)SCc1cncc(C(=O)O)c1. The first-order valence-electron chi connectivity index (χ1n) is 4.38. The number of carboxylic acid groups (broad SMARTS) is 1. The Morgan fingerprint density at radius 2 is 2.29 bits per heavy atom. The van der Waals surface area contributed by atoms with Crippen LogP contribution in [-0.4, -0.2) is 21.3 Å². The maximum Gasteiger partial charge on any atom is 0.337 e. The van der Waals surface area contributed by atoms with Crippen molar-refractivity contribution in [3.8, 4) is 0 Å². The molecule has 4 heteroatoms. The van der Waals surface area contributed by atoms with E-state index in [-0.39, 0.29) is 5.56 Å². The molecule has 0 saturated heterocycles. The van der Waals surface area contributed by atoms with E-state index in [4.69, 9.17) is 5.11 Å². The zero-order chi connectivity index (χ0) is 10.6. The van der Waals surface area contributed by atoms with Gasteiger partial charge in [0.15, 0.2) is 0 Å². The topological polar surface area (TPSA) is 50.2 Å². The van der Waals surface area contributed by atoms with Gasteiger partial charge in [-0.25, -0.2) is 4.79 Å². The fourth-order valence-corrected chi connectivity index (χ4v) is 1.63. The molecule has 0 fully saturated rings. The van der Waals surface area contributed by atoms with E-state index in [9.17, 15) is 4.79 Å². The van der Waals surface area contributed by atoms with Crippen molar-refractivity contribution in [2.45, 2.75) is 24.9 Å². The van der Waals surface area contributed by atoms with Crippen LogP contribution in [0.25, 0.3) is 0 Å². The highest BCUT2D eigenvalue weighted by Crippen LogP contribution is 2.16. The van der Waals surface area contributed by atoms with Gasteiger partial charge in [0.25, 0.3) is 0 Å². The van der Waals surface area contributed by atoms with Crippen LogP contribution in [0.3, 0.4) is 0 Å². The molecule has 1 N–H and O–H groups in total. The highest BCUT2D eigenvalue weighted by Gasteiger charge is 2.04. The smallest absolute Gasteiger partial charge is 0.337 e. The van der Waals surface area contributed by atoms with Gasteiger partial charge in [-0.2, -0.15) is 11.8 Å². The van der Waals surface area contributed by atoms with Crippen LogP contribution in [0.1, 0.15) is 29.8 Å². The number of aromatic nitrogens is 1. The summed E-state index contributed by atoms with van der Waals surface area (Å²) in [5, 5.41) is 9.28. The Balaban J connectivity index is 2.69. The van der Waals surface area contributed by atoms with Crippen molar-refractivity contribution in [2.24, 2.45) is 0 Å². The average molecular weight is 211 g/mol. The van der Waals surface area contributed by atoms with Crippen LogP contribution in [0.5, 0.6) is 0 Å². The fourth-order valence-electron chi connectivity index (χ4n) is 0.946. The number of aromatic carboxylic acids is 1. The van der Waals surface area contributed by atoms with Gasteiger partial charge in [0.05, 0.1) is 5.56 Å². The molecule has 0 aliphatic rings. The summed E-state index contributed by atoms with van der Waals surface area (Å²) in [5.41, 5.74) is 1.22. The number of nitrogens with zero attached hydrogens (tertiary/aromatic N) is 1. The summed E-state index contributed by atoms with van der Waals surface area (Å²) in [6.45, 7) is 4.22. The minimum atomic E-state index is -0.922. The molecule has 76 valence electrons. The van der Waals surface area contributed by atoms with Crippen molar-refractivity contribution in [1.29, 1.82) is 0 Å². The number of pyridine rings is 1. The number of hydrogen-bond acceptors (Lipinski definition) is 3. The van der Waals surface area contributed by atoms with E-state index in [0.717, 1.165) is 11.3 Å². The summed E-state index contributed by atoms with van der Waals surface area (Å²) in [5.74, 6) is -0.111.